The molecule has 0 aliphatic carbocycles. The molecule has 0 unspecified atom stereocenters. The highest BCUT2D eigenvalue weighted by molar-refractivity contribution is 9.10. The van der Waals surface area contributed by atoms with Crippen LogP contribution in [0.3, 0.4) is 0 Å². The minimum atomic E-state index is -0.485. The van der Waals surface area contributed by atoms with Crippen LogP contribution in [0.15, 0.2) is 59.2 Å². The number of amides is 3. The summed E-state index contributed by atoms with van der Waals surface area (Å²) in [6, 6.07) is 10.1. The Kier molecular flexibility index (Phi) is 6.44. The van der Waals surface area contributed by atoms with E-state index in [0.717, 1.165) is 14.9 Å². The van der Waals surface area contributed by atoms with Crippen LogP contribution >= 0.6 is 39.1 Å². The normalized spacial score (nSPS) is 15.1. The summed E-state index contributed by atoms with van der Waals surface area (Å²) < 4.78 is 6.70. The number of hydrogen-bond donors (Lipinski definition) is 1. The molecule has 28 heavy (non-hydrogen) atoms. The molecule has 144 valence electrons. The van der Waals surface area contributed by atoms with Gasteiger partial charge in [-0.2, -0.15) is 0 Å². The van der Waals surface area contributed by atoms with Gasteiger partial charge in [-0.05, 0) is 36.4 Å². The van der Waals surface area contributed by atoms with Gasteiger partial charge in [0.05, 0.1) is 0 Å². The van der Waals surface area contributed by atoms with Crippen LogP contribution in [0.1, 0.15) is 11.1 Å². The van der Waals surface area contributed by atoms with E-state index in [2.05, 4.69) is 27.8 Å². The van der Waals surface area contributed by atoms with Crippen molar-refractivity contribution >= 4 is 57.1 Å². The maximum Gasteiger partial charge on any atom is 0.329 e. The van der Waals surface area contributed by atoms with Gasteiger partial charge in [0.1, 0.15) is 18.1 Å². The molecule has 1 N–H and O–H groups in total. The molecule has 0 aromatic heterocycles. The number of carbonyl (C=O) groups is 2. The molecule has 3 rings (SSSR count). The molecule has 0 atom stereocenters. The van der Waals surface area contributed by atoms with Crippen LogP contribution in [-0.4, -0.2) is 23.4 Å². The Labute approximate surface area is 180 Å². The topological polar surface area (TPSA) is 58.6 Å². The smallest absolute Gasteiger partial charge is 0.329 e. The van der Waals surface area contributed by atoms with E-state index in [-0.39, 0.29) is 18.8 Å². The van der Waals surface area contributed by atoms with Crippen LogP contribution in [0.25, 0.3) is 6.08 Å². The first-order chi connectivity index (χ1) is 13.4. The van der Waals surface area contributed by atoms with Gasteiger partial charge in [0.2, 0.25) is 0 Å². The van der Waals surface area contributed by atoms with Crippen LogP contribution in [-0.2, 0) is 11.4 Å². The van der Waals surface area contributed by atoms with Crippen molar-refractivity contribution in [3.05, 3.63) is 80.4 Å². The van der Waals surface area contributed by atoms with Gasteiger partial charge in [-0.25, -0.2) is 4.79 Å². The Morgan fingerprint density at radius 3 is 2.68 bits per heavy atom. The number of rotatable bonds is 6. The third-order valence-electron chi connectivity index (χ3n) is 3.94. The molecule has 1 heterocycles. The molecule has 2 aromatic carbocycles. The third-order valence-corrected chi connectivity index (χ3v) is 5.02. The van der Waals surface area contributed by atoms with E-state index in [9.17, 15) is 9.59 Å². The van der Waals surface area contributed by atoms with Crippen LogP contribution in [0, 0.1) is 0 Å². The van der Waals surface area contributed by atoms with Gasteiger partial charge in [0, 0.05) is 32.2 Å². The number of imide groups is 1. The van der Waals surface area contributed by atoms with E-state index in [1.165, 1.54) is 6.08 Å². The number of ether oxygens (including phenoxy) is 1. The zero-order valence-electron chi connectivity index (χ0n) is 14.5. The van der Waals surface area contributed by atoms with Gasteiger partial charge >= 0.3 is 6.03 Å². The quantitative estimate of drug-likeness (QED) is 0.340. The van der Waals surface area contributed by atoms with Crippen molar-refractivity contribution in [2.24, 2.45) is 0 Å². The fourth-order valence-corrected chi connectivity index (χ4v) is 3.42. The molecule has 1 saturated heterocycles. The summed E-state index contributed by atoms with van der Waals surface area (Å²) in [5.74, 6) is 0.113. The zero-order chi connectivity index (χ0) is 20.3. The molecule has 3 amide bonds. The average Bonchev–Trinajstić information content (AvgIpc) is 2.90. The van der Waals surface area contributed by atoms with E-state index in [0.29, 0.717) is 21.4 Å². The van der Waals surface area contributed by atoms with Crippen LogP contribution < -0.4 is 10.1 Å². The second-order valence-corrected chi connectivity index (χ2v) is 7.66. The number of nitrogens with one attached hydrogen (secondary N) is 1. The molecule has 8 heteroatoms. The van der Waals surface area contributed by atoms with E-state index in [1.807, 2.05) is 6.07 Å². The number of carbonyl (C=O) groups excluding carboxylic acids is 2. The fraction of sp³-hybridized carbons (Fsp3) is 0.100. The van der Waals surface area contributed by atoms with Crippen molar-refractivity contribution in [3.63, 3.8) is 0 Å². The van der Waals surface area contributed by atoms with Crippen LogP contribution in [0.4, 0.5) is 4.79 Å². The lowest BCUT2D eigenvalue weighted by molar-refractivity contribution is -0.122. The van der Waals surface area contributed by atoms with E-state index >= 15 is 0 Å². The highest BCUT2D eigenvalue weighted by atomic mass is 79.9. The first kappa shape index (κ1) is 20.5. The van der Waals surface area contributed by atoms with Crippen molar-refractivity contribution in [1.29, 1.82) is 0 Å². The Bertz CT molecular complexity index is 991. The molecule has 5 nitrogen and oxygen atoms in total. The van der Waals surface area contributed by atoms with Gasteiger partial charge in [-0.3, -0.25) is 9.69 Å². The second kappa shape index (κ2) is 8.82. The van der Waals surface area contributed by atoms with E-state index in [4.69, 9.17) is 27.9 Å². The van der Waals surface area contributed by atoms with Crippen molar-refractivity contribution in [3.8, 4) is 5.75 Å². The van der Waals surface area contributed by atoms with Crippen LogP contribution in [0.5, 0.6) is 5.75 Å². The van der Waals surface area contributed by atoms with Crippen molar-refractivity contribution in [2.45, 2.75) is 6.61 Å². The van der Waals surface area contributed by atoms with Gasteiger partial charge in [-0.1, -0.05) is 51.3 Å². The molecule has 0 spiro atoms. The summed E-state index contributed by atoms with van der Waals surface area (Å²) in [4.78, 5) is 25.4. The first-order valence-electron chi connectivity index (χ1n) is 8.20. The molecule has 2 aromatic rings. The summed E-state index contributed by atoms with van der Waals surface area (Å²) >= 11 is 15.5. The number of urea groups is 1. The molecule has 1 fully saturated rings. The standard InChI is InChI=1S/C20H15BrCl2N2O3/c1-2-7-25-19(26)17(24-20(25)27)9-13-8-14(21)4-6-18(13)28-11-12-3-5-15(22)10-16(12)23/h2-6,8-10H,1,7,11H2,(H,24,27)/b17-9+. The Morgan fingerprint density at radius 1 is 1.18 bits per heavy atom. The Balaban J connectivity index is 1.86. The summed E-state index contributed by atoms with van der Waals surface area (Å²) in [6.07, 6.45) is 3.07. The Morgan fingerprint density at radius 2 is 1.96 bits per heavy atom. The van der Waals surface area contributed by atoms with Gasteiger partial charge in [0.15, 0.2) is 0 Å². The minimum absolute atomic E-state index is 0.138. The Hall–Kier alpha value is -2.28. The zero-order valence-corrected chi connectivity index (χ0v) is 17.6. The number of benzene rings is 2. The van der Waals surface area contributed by atoms with Gasteiger partial charge < -0.3 is 10.1 Å². The highest BCUT2D eigenvalue weighted by Gasteiger charge is 2.32. The number of nitrogens with zero attached hydrogens (tertiary/aromatic N) is 1. The van der Waals surface area contributed by atoms with Crippen LogP contribution in [0.2, 0.25) is 10.0 Å². The van der Waals surface area contributed by atoms with Crippen molar-refractivity contribution < 1.29 is 14.3 Å². The SMILES string of the molecule is C=CCN1C(=O)N/C(=C/c2cc(Br)ccc2OCc2ccc(Cl)cc2Cl)C1=O. The average molecular weight is 482 g/mol. The summed E-state index contributed by atoms with van der Waals surface area (Å²) in [5, 5.41) is 3.61. The number of halogens is 3. The lowest BCUT2D eigenvalue weighted by Crippen LogP contribution is -2.30. The predicted molar refractivity (Wildman–Crippen MR) is 113 cm³/mol. The molecule has 1 aliphatic rings. The lowest BCUT2D eigenvalue weighted by Gasteiger charge is -2.12. The molecular formula is C20H15BrCl2N2O3. The van der Waals surface area contributed by atoms with Gasteiger partial charge in [-0.15, -0.1) is 6.58 Å². The molecule has 0 bridgehead atoms. The van der Waals surface area contributed by atoms with Crippen molar-refractivity contribution in [1.82, 2.24) is 10.2 Å². The molecule has 0 saturated carbocycles. The second-order valence-electron chi connectivity index (χ2n) is 5.90. The first-order valence-corrected chi connectivity index (χ1v) is 9.75. The third kappa shape index (κ3) is 4.58. The monoisotopic (exact) mass is 480 g/mol. The van der Waals surface area contributed by atoms with E-state index in [1.54, 1.807) is 36.4 Å². The maximum absolute atomic E-state index is 12.4. The minimum Gasteiger partial charge on any atom is -0.488 e. The van der Waals surface area contributed by atoms with Crippen molar-refractivity contribution in [2.75, 3.05) is 6.54 Å². The largest absolute Gasteiger partial charge is 0.488 e. The van der Waals surface area contributed by atoms with E-state index < -0.39 is 11.9 Å². The molecule has 1 aliphatic heterocycles. The lowest BCUT2D eigenvalue weighted by atomic mass is 10.1. The van der Waals surface area contributed by atoms with Gasteiger partial charge in [0.25, 0.3) is 5.91 Å². The summed E-state index contributed by atoms with van der Waals surface area (Å²) in [7, 11) is 0. The molecule has 0 radical (unpaired) electrons. The number of hydrogen-bond acceptors (Lipinski definition) is 3. The summed E-state index contributed by atoms with van der Waals surface area (Å²) in [6.45, 7) is 3.91. The maximum atomic E-state index is 12.4. The summed E-state index contributed by atoms with van der Waals surface area (Å²) in [5.41, 5.74) is 1.57. The highest BCUT2D eigenvalue weighted by Crippen LogP contribution is 2.29. The fourth-order valence-electron chi connectivity index (χ4n) is 2.58. The predicted octanol–water partition coefficient (Wildman–Crippen LogP) is 5.41. The molecular weight excluding hydrogens is 467 g/mol.